The Bertz CT molecular complexity index is 350. The average Bonchev–Trinajstić information content (AvgIpc) is 2.97. The molecule has 21 heavy (non-hydrogen) atoms. The summed E-state index contributed by atoms with van der Waals surface area (Å²) in [6.07, 6.45) is -1.05. The second-order valence-corrected chi connectivity index (χ2v) is 5.98. The maximum atomic E-state index is 12.9. The molecule has 0 spiro atoms. The fourth-order valence-electron chi connectivity index (χ4n) is 3.27. The van der Waals surface area contributed by atoms with Crippen molar-refractivity contribution < 1.29 is 18.0 Å². The first kappa shape index (κ1) is 16.5. The third-order valence-corrected chi connectivity index (χ3v) is 4.41. The van der Waals surface area contributed by atoms with Gasteiger partial charge in [0, 0.05) is 19.1 Å². The minimum atomic E-state index is -4.27. The normalized spacial score (nSPS) is 22.8. The van der Waals surface area contributed by atoms with Crippen molar-refractivity contribution in [2.75, 3.05) is 32.7 Å². The molecule has 2 rings (SSSR count). The van der Waals surface area contributed by atoms with Crippen molar-refractivity contribution in [1.82, 2.24) is 15.1 Å². The van der Waals surface area contributed by atoms with Crippen LogP contribution in [0, 0.1) is 0 Å². The Morgan fingerprint density at radius 2 is 1.86 bits per heavy atom. The number of alkyl halides is 3. The van der Waals surface area contributed by atoms with Crippen LogP contribution in [-0.2, 0) is 4.79 Å². The summed E-state index contributed by atoms with van der Waals surface area (Å²) in [6, 6.07) is -0.873. The molecule has 1 unspecified atom stereocenters. The quantitative estimate of drug-likeness (QED) is 0.857. The molecular formula is C14H24F3N3O. The first-order valence-corrected chi connectivity index (χ1v) is 7.70. The van der Waals surface area contributed by atoms with E-state index in [1.807, 2.05) is 0 Å². The first-order valence-electron chi connectivity index (χ1n) is 7.70. The van der Waals surface area contributed by atoms with Gasteiger partial charge in [-0.15, -0.1) is 0 Å². The van der Waals surface area contributed by atoms with Gasteiger partial charge < -0.3 is 10.2 Å². The molecule has 2 aliphatic heterocycles. The third-order valence-electron chi connectivity index (χ3n) is 4.41. The van der Waals surface area contributed by atoms with Crippen LogP contribution < -0.4 is 5.32 Å². The Kier molecular flexibility index (Phi) is 5.48. The summed E-state index contributed by atoms with van der Waals surface area (Å²) in [4.78, 5) is 15.5. The number of carbonyl (C=O) groups excluding carboxylic acids is 1. The summed E-state index contributed by atoms with van der Waals surface area (Å²) < 4.78 is 38.6. The van der Waals surface area contributed by atoms with Crippen LogP contribution in [-0.4, -0.2) is 66.7 Å². The van der Waals surface area contributed by atoms with E-state index in [9.17, 15) is 18.0 Å². The number of nitrogens with one attached hydrogen (secondary N) is 1. The van der Waals surface area contributed by atoms with Crippen LogP contribution in [0.2, 0.25) is 0 Å². The van der Waals surface area contributed by atoms with Crippen molar-refractivity contribution in [3.63, 3.8) is 0 Å². The highest BCUT2D eigenvalue weighted by atomic mass is 19.4. The molecule has 122 valence electrons. The number of halogens is 3. The van der Waals surface area contributed by atoms with E-state index in [0.29, 0.717) is 39.0 Å². The molecule has 1 amide bonds. The van der Waals surface area contributed by atoms with Crippen LogP contribution in [0.4, 0.5) is 13.2 Å². The molecule has 0 aromatic heterocycles. The molecule has 0 aromatic rings. The van der Waals surface area contributed by atoms with E-state index in [0.717, 1.165) is 12.8 Å². The van der Waals surface area contributed by atoms with E-state index < -0.39 is 18.8 Å². The van der Waals surface area contributed by atoms with Gasteiger partial charge >= 0.3 is 6.18 Å². The van der Waals surface area contributed by atoms with Crippen LogP contribution in [0.15, 0.2) is 0 Å². The summed E-state index contributed by atoms with van der Waals surface area (Å²) in [7, 11) is 0. The van der Waals surface area contributed by atoms with Gasteiger partial charge in [-0.3, -0.25) is 9.69 Å². The lowest BCUT2D eigenvalue weighted by atomic mass is 10.0. The molecule has 2 heterocycles. The maximum absolute atomic E-state index is 12.9. The van der Waals surface area contributed by atoms with E-state index >= 15 is 0 Å². The van der Waals surface area contributed by atoms with Crippen molar-refractivity contribution in [1.29, 1.82) is 0 Å². The molecule has 0 radical (unpaired) electrons. The van der Waals surface area contributed by atoms with Gasteiger partial charge in [0.05, 0.1) is 12.6 Å². The molecule has 2 saturated heterocycles. The lowest BCUT2D eigenvalue weighted by Gasteiger charge is -2.39. The van der Waals surface area contributed by atoms with Crippen molar-refractivity contribution >= 4 is 5.91 Å². The van der Waals surface area contributed by atoms with E-state index in [1.54, 1.807) is 11.8 Å². The minimum Gasteiger partial charge on any atom is -0.341 e. The number of likely N-dealkylation sites (tertiary alicyclic amines) is 1. The fourth-order valence-corrected chi connectivity index (χ4v) is 3.27. The second-order valence-electron chi connectivity index (χ2n) is 5.98. The molecule has 0 aliphatic carbocycles. The van der Waals surface area contributed by atoms with Gasteiger partial charge in [-0.1, -0.05) is 0 Å². The predicted molar refractivity (Wildman–Crippen MR) is 73.9 cm³/mol. The van der Waals surface area contributed by atoms with Crippen molar-refractivity contribution in [3.8, 4) is 0 Å². The Balaban J connectivity index is 2.06. The zero-order valence-electron chi connectivity index (χ0n) is 12.5. The zero-order chi connectivity index (χ0) is 15.5. The molecule has 1 N–H and O–H groups in total. The standard InChI is InChI=1S/C14H24F3N3O/c1-11(13(21)19-8-2-3-9-19)20(10-14(15,16)17)12-4-6-18-7-5-12/h11-12,18H,2-10H2,1H3. The van der Waals surface area contributed by atoms with Gasteiger partial charge in [-0.05, 0) is 45.7 Å². The van der Waals surface area contributed by atoms with Gasteiger partial charge in [0.25, 0.3) is 0 Å². The fraction of sp³-hybridized carbons (Fsp3) is 0.929. The maximum Gasteiger partial charge on any atom is 0.401 e. The number of nitrogens with zero attached hydrogens (tertiary/aromatic N) is 2. The van der Waals surface area contributed by atoms with Gasteiger partial charge in [-0.2, -0.15) is 13.2 Å². The highest BCUT2D eigenvalue weighted by molar-refractivity contribution is 5.81. The largest absolute Gasteiger partial charge is 0.401 e. The summed E-state index contributed by atoms with van der Waals surface area (Å²) in [6.45, 7) is 3.39. The highest BCUT2D eigenvalue weighted by Crippen LogP contribution is 2.24. The SMILES string of the molecule is CC(C(=O)N1CCCC1)N(CC(F)(F)F)C1CCNCC1. The topological polar surface area (TPSA) is 35.6 Å². The Morgan fingerprint density at radius 3 is 2.38 bits per heavy atom. The average molecular weight is 307 g/mol. The smallest absolute Gasteiger partial charge is 0.341 e. The van der Waals surface area contributed by atoms with Crippen molar-refractivity contribution in [2.45, 2.75) is 50.9 Å². The predicted octanol–water partition coefficient (Wildman–Crippen LogP) is 1.61. The molecule has 1 atom stereocenters. The summed E-state index contributed by atoms with van der Waals surface area (Å²) in [5.74, 6) is -0.157. The molecule has 4 nitrogen and oxygen atoms in total. The van der Waals surface area contributed by atoms with Crippen LogP contribution in [0.25, 0.3) is 0 Å². The van der Waals surface area contributed by atoms with Gasteiger partial charge in [0.15, 0.2) is 0 Å². The number of piperidine rings is 1. The first-order chi connectivity index (χ1) is 9.88. The molecule has 0 bridgehead atoms. The number of amides is 1. The minimum absolute atomic E-state index is 0.157. The molecular weight excluding hydrogens is 283 g/mol. The van der Waals surface area contributed by atoms with Crippen LogP contribution in [0.1, 0.15) is 32.6 Å². The van der Waals surface area contributed by atoms with Gasteiger partial charge in [-0.25, -0.2) is 0 Å². The van der Waals surface area contributed by atoms with Crippen LogP contribution >= 0.6 is 0 Å². The Morgan fingerprint density at radius 1 is 1.29 bits per heavy atom. The molecule has 0 saturated carbocycles. The Hall–Kier alpha value is -0.820. The van der Waals surface area contributed by atoms with Gasteiger partial charge in [0.1, 0.15) is 0 Å². The Labute approximate surface area is 123 Å². The summed E-state index contributed by atoms with van der Waals surface area (Å²) in [5.41, 5.74) is 0. The van der Waals surface area contributed by atoms with E-state index in [2.05, 4.69) is 5.32 Å². The summed E-state index contributed by atoms with van der Waals surface area (Å²) in [5, 5.41) is 3.15. The number of carbonyl (C=O) groups is 1. The van der Waals surface area contributed by atoms with Crippen molar-refractivity contribution in [3.05, 3.63) is 0 Å². The van der Waals surface area contributed by atoms with E-state index in [4.69, 9.17) is 0 Å². The number of hydrogen-bond acceptors (Lipinski definition) is 3. The lowest BCUT2D eigenvalue weighted by Crippen LogP contribution is -2.55. The van der Waals surface area contributed by atoms with Crippen LogP contribution in [0.3, 0.4) is 0 Å². The van der Waals surface area contributed by atoms with Crippen molar-refractivity contribution in [2.24, 2.45) is 0 Å². The highest BCUT2D eigenvalue weighted by Gasteiger charge is 2.39. The van der Waals surface area contributed by atoms with Crippen LogP contribution in [0.5, 0.6) is 0 Å². The molecule has 7 heteroatoms. The zero-order valence-corrected chi connectivity index (χ0v) is 12.5. The van der Waals surface area contributed by atoms with Gasteiger partial charge in [0.2, 0.25) is 5.91 Å². The lowest BCUT2D eigenvalue weighted by molar-refractivity contribution is -0.163. The number of hydrogen-bond donors (Lipinski definition) is 1. The second kappa shape index (κ2) is 6.96. The van der Waals surface area contributed by atoms with E-state index in [-0.39, 0.29) is 11.9 Å². The molecule has 0 aromatic carbocycles. The molecule has 2 aliphatic rings. The third kappa shape index (κ3) is 4.57. The van der Waals surface area contributed by atoms with E-state index in [1.165, 1.54) is 4.90 Å². The number of rotatable bonds is 4. The summed E-state index contributed by atoms with van der Waals surface area (Å²) >= 11 is 0. The monoisotopic (exact) mass is 307 g/mol. The molecule has 2 fully saturated rings.